The number of rotatable bonds is 6. The predicted molar refractivity (Wildman–Crippen MR) is 102 cm³/mol. The fourth-order valence-electron chi connectivity index (χ4n) is 3.47. The number of aromatic nitrogens is 4. The van der Waals surface area contributed by atoms with E-state index < -0.39 is 0 Å². The number of aryl methyl sites for hydroxylation is 2. The number of carbonyl (C=O) groups is 2. The zero-order chi connectivity index (χ0) is 19.7. The molecule has 28 heavy (non-hydrogen) atoms. The first-order valence-electron chi connectivity index (χ1n) is 9.15. The molecule has 144 valence electrons. The van der Waals surface area contributed by atoms with Crippen molar-refractivity contribution in [3.05, 3.63) is 71.1 Å². The van der Waals surface area contributed by atoms with E-state index >= 15 is 0 Å². The second-order valence-corrected chi connectivity index (χ2v) is 7.04. The van der Waals surface area contributed by atoms with Gasteiger partial charge in [0.2, 0.25) is 0 Å². The molecule has 0 spiro atoms. The summed E-state index contributed by atoms with van der Waals surface area (Å²) in [6, 6.07) is 5.32. The van der Waals surface area contributed by atoms with Gasteiger partial charge < -0.3 is 14.8 Å². The maximum Gasteiger partial charge on any atom is 0.254 e. The van der Waals surface area contributed by atoms with Gasteiger partial charge in [-0.1, -0.05) is 6.07 Å². The largest absolute Gasteiger partial charge is 0.348 e. The molecule has 0 unspecified atom stereocenters. The number of hydrogen-bond acceptors (Lipinski definition) is 4. The maximum absolute atomic E-state index is 12.7. The molecule has 8 heteroatoms. The van der Waals surface area contributed by atoms with Crippen molar-refractivity contribution in [3.8, 4) is 0 Å². The van der Waals surface area contributed by atoms with Crippen LogP contribution in [-0.2, 0) is 33.6 Å². The standard InChI is InChI=1S/C20H22N6O2/c1-24-11-15(22-13-24)6-7-26-12-18-16(4-3-5-17(18)20(26)28)19(27)21-8-14-9-23-25(2)10-14/h3-5,9-11,13H,6-8,12H2,1-2H3,(H,21,27). The van der Waals surface area contributed by atoms with Gasteiger partial charge in [0.15, 0.2) is 0 Å². The Morgan fingerprint density at radius 3 is 2.82 bits per heavy atom. The Balaban J connectivity index is 1.45. The predicted octanol–water partition coefficient (Wildman–Crippen LogP) is 1.28. The molecule has 3 aromatic rings. The first kappa shape index (κ1) is 18.0. The third-order valence-electron chi connectivity index (χ3n) is 4.89. The molecular formula is C20H22N6O2. The molecule has 8 nitrogen and oxygen atoms in total. The SMILES string of the molecule is Cn1cnc(CCN2Cc3c(C(=O)NCc4cnn(C)c4)cccc3C2=O)c1. The normalized spacial score (nSPS) is 13.1. The Kier molecular flexibility index (Phi) is 4.68. The summed E-state index contributed by atoms with van der Waals surface area (Å²) < 4.78 is 3.58. The molecule has 0 saturated carbocycles. The molecule has 0 bridgehead atoms. The Bertz CT molecular complexity index is 1040. The Morgan fingerprint density at radius 2 is 2.11 bits per heavy atom. The van der Waals surface area contributed by atoms with E-state index in [2.05, 4.69) is 15.4 Å². The maximum atomic E-state index is 12.7. The minimum absolute atomic E-state index is 0.0344. The molecule has 0 radical (unpaired) electrons. The van der Waals surface area contributed by atoms with Gasteiger partial charge in [0.05, 0.1) is 18.2 Å². The van der Waals surface area contributed by atoms with E-state index in [0.29, 0.717) is 37.2 Å². The molecule has 4 rings (SSSR count). The van der Waals surface area contributed by atoms with Crippen LogP contribution in [0.2, 0.25) is 0 Å². The van der Waals surface area contributed by atoms with E-state index in [1.807, 2.05) is 31.1 Å². The van der Waals surface area contributed by atoms with Gasteiger partial charge in [0.25, 0.3) is 11.8 Å². The van der Waals surface area contributed by atoms with Crippen molar-refractivity contribution in [2.24, 2.45) is 14.1 Å². The number of amides is 2. The fraction of sp³-hybridized carbons (Fsp3) is 0.300. The molecule has 0 fully saturated rings. The first-order chi connectivity index (χ1) is 13.5. The van der Waals surface area contributed by atoms with E-state index in [4.69, 9.17) is 0 Å². The average molecular weight is 378 g/mol. The zero-order valence-corrected chi connectivity index (χ0v) is 15.9. The van der Waals surface area contributed by atoms with Gasteiger partial charge in [0.1, 0.15) is 0 Å². The highest BCUT2D eigenvalue weighted by Gasteiger charge is 2.30. The molecule has 0 aliphatic carbocycles. The van der Waals surface area contributed by atoms with Gasteiger partial charge >= 0.3 is 0 Å². The van der Waals surface area contributed by atoms with Gasteiger partial charge in [-0.25, -0.2) is 4.98 Å². The lowest BCUT2D eigenvalue weighted by molar-refractivity contribution is 0.0778. The first-order valence-corrected chi connectivity index (χ1v) is 9.15. The molecular weight excluding hydrogens is 356 g/mol. The summed E-state index contributed by atoms with van der Waals surface area (Å²) in [5.74, 6) is -0.215. The summed E-state index contributed by atoms with van der Waals surface area (Å²) in [5.41, 5.74) is 3.82. The Labute approximate surface area is 162 Å². The minimum Gasteiger partial charge on any atom is -0.348 e. The van der Waals surface area contributed by atoms with Gasteiger partial charge in [0, 0.05) is 69.2 Å². The van der Waals surface area contributed by atoms with Crippen LogP contribution in [0.5, 0.6) is 0 Å². The summed E-state index contributed by atoms with van der Waals surface area (Å²) in [4.78, 5) is 31.5. The highest BCUT2D eigenvalue weighted by atomic mass is 16.2. The molecule has 2 amide bonds. The Hall–Kier alpha value is -3.42. The number of fused-ring (bicyclic) bond motifs is 1. The smallest absolute Gasteiger partial charge is 0.254 e. The molecule has 1 aliphatic rings. The van der Waals surface area contributed by atoms with Crippen LogP contribution in [-0.4, -0.2) is 42.6 Å². The van der Waals surface area contributed by atoms with Crippen LogP contribution in [0.1, 0.15) is 37.5 Å². The van der Waals surface area contributed by atoms with E-state index in [1.54, 1.807) is 40.3 Å². The number of imidazole rings is 1. The van der Waals surface area contributed by atoms with Crippen molar-refractivity contribution in [3.63, 3.8) is 0 Å². The van der Waals surface area contributed by atoms with Crippen molar-refractivity contribution >= 4 is 11.8 Å². The van der Waals surface area contributed by atoms with Crippen molar-refractivity contribution in [1.82, 2.24) is 29.5 Å². The van der Waals surface area contributed by atoms with E-state index in [-0.39, 0.29) is 11.8 Å². The van der Waals surface area contributed by atoms with Crippen LogP contribution in [0.3, 0.4) is 0 Å². The van der Waals surface area contributed by atoms with E-state index in [0.717, 1.165) is 16.8 Å². The van der Waals surface area contributed by atoms with Crippen molar-refractivity contribution in [1.29, 1.82) is 0 Å². The second kappa shape index (κ2) is 7.30. The number of nitrogens with zero attached hydrogens (tertiary/aromatic N) is 5. The quantitative estimate of drug-likeness (QED) is 0.700. The second-order valence-electron chi connectivity index (χ2n) is 7.04. The van der Waals surface area contributed by atoms with E-state index in [9.17, 15) is 9.59 Å². The van der Waals surface area contributed by atoms with Gasteiger partial charge in [-0.15, -0.1) is 0 Å². The summed E-state index contributed by atoms with van der Waals surface area (Å²) in [6.07, 6.45) is 7.96. The minimum atomic E-state index is -0.180. The monoisotopic (exact) mass is 378 g/mol. The zero-order valence-electron chi connectivity index (χ0n) is 15.9. The van der Waals surface area contributed by atoms with Gasteiger partial charge in [-0.2, -0.15) is 5.10 Å². The lowest BCUT2D eigenvalue weighted by Crippen LogP contribution is -2.26. The molecule has 1 aliphatic heterocycles. The molecule has 2 aromatic heterocycles. The summed E-state index contributed by atoms with van der Waals surface area (Å²) in [6.45, 7) is 1.41. The van der Waals surface area contributed by atoms with Gasteiger partial charge in [-0.3, -0.25) is 14.3 Å². The Morgan fingerprint density at radius 1 is 1.25 bits per heavy atom. The van der Waals surface area contributed by atoms with Gasteiger partial charge in [-0.05, 0) is 17.7 Å². The molecule has 3 heterocycles. The number of carbonyl (C=O) groups excluding carboxylic acids is 2. The molecule has 1 N–H and O–H groups in total. The summed E-state index contributed by atoms with van der Waals surface area (Å²) in [7, 11) is 3.75. The van der Waals surface area contributed by atoms with Crippen LogP contribution < -0.4 is 5.32 Å². The van der Waals surface area contributed by atoms with Crippen LogP contribution in [0, 0.1) is 0 Å². The van der Waals surface area contributed by atoms with Crippen LogP contribution in [0.25, 0.3) is 0 Å². The van der Waals surface area contributed by atoms with Crippen molar-refractivity contribution in [2.75, 3.05) is 6.54 Å². The van der Waals surface area contributed by atoms with Crippen molar-refractivity contribution < 1.29 is 9.59 Å². The average Bonchev–Trinajstić information content (AvgIpc) is 3.37. The van der Waals surface area contributed by atoms with Crippen LogP contribution in [0.15, 0.2) is 43.1 Å². The molecule has 0 saturated heterocycles. The topological polar surface area (TPSA) is 85.1 Å². The number of benzene rings is 1. The molecule has 0 atom stereocenters. The fourth-order valence-corrected chi connectivity index (χ4v) is 3.47. The lowest BCUT2D eigenvalue weighted by atomic mass is 10.0. The third kappa shape index (κ3) is 3.53. The highest BCUT2D eigenvalue weighted by molar-refractivity contribution is 6.04. The van der Waals surface area contributed by atoms with E-state index in [1.165, 1.54) is 0 Å². The summed E-state index contributed by atoms with van der Waals surface area (Å²) >= 11 is 0. The lowest BCUT2D eigenvalue weighted by Gasteiger charge is -2.14. The number of nitrogens with one attached hydrogen (secondary N) is 1. The van der Waals surface area contributed by atoms with Crippen molar-refractivity contribution in [2.45, 2.75) is 19.5 Å². The number of hydrogen-bond donors (Lipinski definition) is 1. The molecule has 1 aromatic carbocycles. The van der Waals surface area contributed by atoms with Crippen LogP contribution in [0.4, 0.5) is 0 Å². The summed E-state index contributed by atoms with van der Waals surface area (Å²) in [5, 5.41) is 7.01. The van der Waals surface area contributed by atoms with Crippen LogP contribution >= 0.6 is 0 Å². The third-order valence-corrected chi connectivity index (χ3v) is 4.89. The highest BCUT2D eigenvalue weighted by Crippen LogP contribution is 2.26.